The Bertz CT molecular complexity index is 542. The van der Waals surface area contributed by atoms with E-state index >= 15 is 0 Å². The third-order valence-electron chi connectivity index (χ3n) is 3.68. The molecule has 114 valence electrons. The lowest BCUT2D eigenvalue weighted by molar-refractivity contribution is 0.572. The fourth-order valence-electron chi connectivity index (χ4n) is 2.47. The van der Waals surface area contributed by atoms with Gasteiger partial charge in [0.15, 0.2) is 15.0 Å². The number of rotatable bonds is 7. The zero-order valence-electron chi connectivity index (χ0n) is 11.8. The van der Waals surface area contributed by atoms with Crippen LogP contribution in [0, 0.1) is 0 Å². The summed E-state index contributed by atoms with van der Waals surface area (Å²) in [6, 6.07) is 0. The average molecular weight is 320 g/mol. The minimum Gasteiger partial charge on any atom is -0.344 e. The molecule has 2 heterocycles. The fourth-order valence-corrected chi connectivity index (χ4v) is 4.48. The molecular formula is C13H22ClN3O2S. The van der Waals surface area contributed by atoms with Crippen LogP contribution >= 0.6 is 11.6 Å². The number of hydrogen-bond acceptors (Lipinski definition) is 4. The zero-order valence-corrected chi connectivity index (χ0v) is 13.4. The lowest BCUT2D eigenvalue weighted by Crippen LogP contribution is -2.30. The van der Waals surface area contributed by atoms with Crippen LogP contribution in [0.1, 0.15) is 44.1 Å². The second-order valence-electron chi connectivity index (χ2n) is 5.32. The van der Waals surface area contributed by atoms with Crippen LogP contribution < -0.4 is 5.32 Å². The molecule has 7 heteroatoms. The van der Waals surface area contributed by atoms with E-state index in [-0.39, 0.29) is 5.25 Å². The quantitative estimate of drug-likeness (QED) is 0.807. The third kappa shape index (κ3) is 3.96. The number of unbranched alkanes of at least 4 members (excludes halogenated alkanes) is 1. The molecule has 2 rings (SSSR count). The van der Waals surface area contributed by atoms with E-state index in [2.05, 4.69) is 22.2 Å². The van der Waals surface area contributed by atoms with Crippen LogP contribution in [0.2, 0.25) is 5.15 Å². The van der Waals surface area contributed by atoms with E-state index in [0.717, 1.165) is 43.6 Å². The summed E-state index contributed by atoms with van der Waals surface area (Å²) in [6.45, 7) is 3.15. The first-order chi connectivity index (χ1) is 9.53. The first kappa shape index (κ1) is 15.8. The highest BCUT2D eigenvalue weighted by Crippen LogP contribution is 2.19. The highest BCUT2D eigenvalue weighted by Gasteiger charge is 2.30. The summed E-state index contributed by atoms with van der Waals surface area (Å²) in [4.78, 5) is 7.49. The normalized spacial score (nSPS) is 21.4. The first-order valence-electron chi connectivity index (χ1n) is 7.18. The Kier molecular flexibility index (Phi) is 5.46. The summed E-state index contributed by atoms with van der Waals surface area (Å²) in [6.07, 6.45) is 4.63. The monoisotopic (exact) mass is 319 g/mol. The Labute approximate surface area is 125 Å². The Hall–Kier alpha value is -0.590. The van der Waals surface area contributed by atoms with E-state index in [1.54, 1.807) is 0 Å². The van der Waals surface area contributed by atoms with Gasteiger partial charge in [0.2, 0.25) is 0 Å². The molecule has 1 saturated heterocycles. The van der Waals surface area contributed by atoms with Crippen molar-refractivity contribution >= 4 is 21.4 Å². The van der Waals surface area contributed by atoms with Gasteiger partial charge in [-0.25, -0.2) is 13.4 Å². The van der Waals surface area contributed by atoms with Gasteiger partial charge in [-0.15, -0.1) is 0 Å². The molecule has 1 atom stereocenters. The molecule has 1 aromatic rings. The number of nitrogens with one attached hydrogen (secondary N) is 2. The van der Waals surface area contributed by atoms with E-state index < -0.39 is 9.84 Å². The molecule has 0 radical (unpaired) electrons. The van der Waals surface area contributed by atoms with Crippen molar-refractivity contribution in [2.24, 2.45) is 0 Å². The molecule has 1 aliphatic heterocycles. The SMILES string of the molecule is CCCCc1nc(Cl)c(CNCC2CCCS2(=O)=O)[nH]1. The predicted octanol–water partition coefficient (Wildman–Crippen LogP) is 2.07. The van der Waals surface area contributed by atoms with Crippen molar-refractivity contribution in [2.45, 2.75) is 50.8 Å². The van der Waals surface area contributed by atoms with Crippen molar-refractivity contribution in [1.29, 1.82) is 0 Å². The lowest BCUT2D eigenvalue weighted by atomic mass is 10.2. The van der Waals surface area contributed by atoms with Gasteiger partial charge in [-0.2, -0.15) is 0 Å². The van der Waals surface area contributed by atoms with Crippen LogP contribution in [0.25, 0.3) is 0 Å². The van der Waals surface area contributed by atoms with E-state index in [4.69, 9.17) is 11.6 Å². The fraction of sp³-hybridized carbons (Fsp3) is 0.769. The molecule has 1 unspecified atom stereocenters. The summed E-state index contributed by atoms with van der Waals surface area (Å²) in [5.41, 5.74) is 0.841. The van der Waals surface area contributed by atoms with Gasteiger partial charge in [0, 0.05) is 19.5 Å². The summed E-state index contributed by atoms with van der Waals surface area (Å²) in [5.74, 6) is 1.23. The van der Waals surface area contributed by atoms with Crippen molar-refractivity contribution in [3.05, 3.63) is 16.7 Å². The van der Waals surface area contributed by atoms with Crippen molar-refractivity contribution in [3.63, 3.8) is 0 Å². The van der Waals surface area contributed by atoms with E-state index in [0.29, 0.717) is 24.0 Å². The molecule has 0 spiro atoms. The molecule has 0 amide bonds. The van der Waals surface area contributed by atoms with Gasteiger partial charge in [-0.1, -0.05) is 24.9 Å². The number of H-pyrrole nitrogens is 1. The van der Waals surface area contributed by atoms with E-state index in [1.165, 1.54) is 0 Å². The van der Waals surface area contributed by atoms with Gasteiger partial charge < -0.3 is 10.3 Å². The van der Waals surface area contributed by atoms with Gasteiger partial charge in [-0.3, -0.25) is 0 Å². The number of aromatic amines is 1. The van der Waals surface area contributed by atoms with E-state index in [1.807, 2.05) is 0 Å². The Morgan fingerprint density at radius 3 is 2.95 bits per heavy atom. The van der Waals surface area contributed by atoms with E-state index in [9.17, 15) is 8.42 Å². The number of sulfone groups is 1. The van der Waals surface area contributed by atoms with Crippen molar-refractivity contribution < 1.29 is 8.42 Å². The summed E-state index contributed by atoms with van der Waals surface area (Å²) in [7, 11) is -2.88. The van der Waals surface area contributed by atoms with Crippen LogP contribution in [0.3, 0.4) is 0 Å². The maximum absolute atomic E-state index is 11.7. The molecule has 20 heavy (non-hydrogen) atoms. The molecule has 0 bridgehead atoms. The Balaban J connectivity index is 1.83. The van der Waals surface area contributed by atoms with Crippen LogP contribution in [0.5, 0.6) is 0 Å². The minimum atomic E-state index is -2.88. The van der Waals surface area contributed by atoms with Crippen molar-refractivity contribution in [3.8, 4) is 0 Å². The second kappa shape index (κ2) is 6.91. The number of imidazole rings is 1. The third-order valence-corrected chi connectivity index (χ3v) is 6.27. The summed E-state index contributed by atoms with van der Waals surface area (Å²) < 4.78 is 23.4. The molecule has 2 N–H and O–H groups in total. The van der Waals surface area contributed by atoms with Crippen molar-refractivity contribution in [2.75, 3.05) is 12.3 Å². The van der Waals surface area contributed by atoms with Gasteiger partial charge in [0.1, 0.15) is 5.82 Å². The zero-order chi connectivity index (χ0) is 14.6. The lowest BCUT2D eigenvalue weighted by Gasteiger charge is -2.09. The number of aromatic nitrogens is 2. The van der Waals surface area contributed by atoms with Gasteiger partial charge in [-0.05, 0) is 19.3 Å². The molecule has 0 aromatic carbocycles. The van der Waals surface area contributed by atoms with Gasteiger partial charge >= 0.3 is 0 Å². The smallest absolute Gasteiger partial charge is 0.154 e. The summed E-state index contributed by atoms with van der Waals surface area (Å²) in [5, 5.41) is 3.41. The van der Waals surface area contributed by atoms with Crippen LogP contribution in [-0.2, 0) is 22.8 Å². The van der Waals surface area contributed by atoms with Crippen molar-refractivity contribution in [1.82, 2.24) is 15.3 Å². The maximum Gasteiger partial charge on any atom is 0.154 e. The topological polar surface area (TPSA) is 74.8 Å². The number of nitrogens with zero attached hydrogens (tertiary/aromatic N) is 1. The van der Waals surface area contributed by atoms with Crippen LogP contribution in [0.15, 0.2) is 0 Å². The van der Waals surface area contributed by atoms with Gasteiger partial charge in [0.05, 0.1) is 16.7 Å². The Morgan fingerprint density at radius 2 is 2.30 bits per heavy atom. The molecular weight excluding hydrogens is 298 g/mol. The number of aryl methyl sites for hydroxylation is 1. The molecule has 5 nitrogen and oxygen atoms in total. The van der Waals surface area contributed by atoms with Crippen LogP contribution in [0.4, 0.5) is 0 Å². The highest BCUT2D eigenvalue weighted by atomic mass is 35.5. The summed E-state index contributed by atoms with van der Waals surface area (Å²) >= 11 is 6.07. The van der Waals surface area contributed by atoms with Crippen LogP contribution in [-0.4, -0.2) is 35.9 Å². The standard InChI is InChI=1S/C13H22ClN3O2S/c1-2-3-6-12-16-11(13(14)17-12)9-15-8-10-5-4-7-20(10,18)19/h10,15H,2-9H2,1H3,(H,16,17). The first-order valence-corrected chi connectivity index (χ1v) is 9.28. The second-order valence-corrected chi connectivity index (χ2v) is 8.08. The molecule has 1 aromatic heterocycles. The predicted molar refractivity (Wildman–Crippen MR) is 80.7 cm³/mol. The molecule has 0 aliphatic carbocycles. The maximum atomic E-state index is 11.7. The molecule has 1 fully saturated rings. The average Bonchev–Trinajstić information content (AvgIpc) is 2.91. The minimum absolute atomic E-state index is 0.247. The van der Waals surface area contributed by atoms with Gasteiger partial charge in [0.25, 0.3) is 0 Å². The largest absolute Gasteiger partial charge is 0.344 e. The molecule has 0 saturated carbocycles. The highest BCUT2D eigenvalue weighted by molar-refractivity contribution is 7.92. The number of halogens is 1. The number of hydrogen-bond donors (Lipinski definition) is 2. The Morgan fingerprint density at radius 1 is 1.50 bits per heavy atom. The molecule has 1 aliphatic rings.